The van der Waals surface area contributed by atoms with Crippen molar-refractivity contribution in [2.24, 2.45) is 0 Å². The van der Waals surface area contributed by atoms with Crippen LogP contribution < -0.4 is 15.1 Å². The Hall–Kier alpha value is -1.36. The van der Waals surface area contributed by atoms with Crippen LogP contribution in [-0.2, 0) is 0 Å². The van der Waals surface area contributed by atoms with Crippen LogP contribution in [-0.4, -0.2) is 50.2 Å². The third kappa shape index (κ3) is 3.80. The zero-order valence-electron chi connectivity index (χ0n) is 12.3. The Balaban J connectivity index is 2.13. The molecule has 0 bridgehead atoms. The number of nitrogens with zero attached hydrogens (tertiary/aromatic N) is 4. The first-order valence-electron chi connectivity index (χ1n) is 7.17. The molecule has 1 aromatic rings. The summed E-state index contributed by atoms with van der Waals surface area (Å²) >= 11 is 0. The van der Waals surface area contributed by atoms with Gasteiger partial charge in [0.25, 0.3) is 0 Å². The number of aryl methyl sites for hydroxylation is 1. The summed E-state index contributed by atoms with van der Waals surface area (Å²) in [6, 6.07) is 2.12. The molecule has 5 heteroatoms. The third-order valence-electron chi connectivity index (χ3n) is 3.58. The lowest BCUT2D eigenvalue weighted by molar-refractivity contribution is 0.572. The van der Waals surface area contributed by atoms with Crippen LogP contribution in [0.2, 0.25) is 0 Å². The van der Waals surface area contributed by atoms with Gasteiger partial charge in [0, 0.05) is 39.3 Å². The lowest BCUT2D eigenvalue weighted by atomic mass is 10.1. The van der Waals surface area contributed by atoms with Crippen LogP contribution in [0.1, 0.15) is 25.1 Å². The second kappa shape index (κ2) is 6.70. The van der Waals surface area contributed by atoms with Gasteiger partial charge in [-0.25, -0.2) is 9.97 Å². The maximum atomic E-state index is 4.59. The molecule has 106 valence electrons. The van der Waals surface area contributed by atoms with E-state index in [1.54, 1.807) is 0 Å². The molecule has 1 fully saturated rings. The fourth-order valence-corrected chi connectivity index (χ4v) is 2.41. The standard InChI is InChI=1S/C14H25N5/c1-12-16-13(18(3)10-7-15-2)11-14(17-12)19-8-5-4-6-9-19/h11,15H,4-10H2,1-3H3. The minimum atomic E-state index is 0.856. The van der Waals surface area contributed by atoms with E-state index in [0.717, 1.165) is 43.6 Å². The summed E-state index contributed by atoms with van der Waals surface area (Å²) in [6.45, 7) is 6.13. The van der Waals surface area contributed by atoms with Crippen LogP contribution in [0.5, 0.6) is 0 Å². The van der Waals surface area contributed by atoms with Gasteiger partial charge < -0.3 is 15.1 Å². The number of hydrogen-bond acceptors (Lipinski definition) is 5. The molecule has 0 amide bonds. The molecule has 2 rings (SSSR count). The SMILES string of the molecule is CNCCN(C)c1cc(N2CCCCC2)nc(C)n1. The molecule has 0 unspecified atom stereocenters. The summed E-state index contributed by atoms with van der Waals surface area (Å²) in [5, 5.41) is 3.17. The zero-order chi connectivity index (χ0) is 13.7. The molecule has 0 aromatic carbocycles. The summed E-state index contributed by atoms with van der Waals surface area (Å²) in [7, 11) is 4.05. The Morgan fingerprint density at radius 3 is 2.68 bits per heavy atom. The zero-order valence-corrected chi connectivity index (χ0v) is 12.3. The average molecular weight is 263 g/mol. The number of rotatable bonds is 5. The predicted molar refractivity (Wildman–Crippen MR) is 80.0 cm³/mol. The van der Waals surface area contributed by atoms with E-state index in [2.05, 4.69) is 38.2 Å². The fraction of sp³-hybridized carbons (Fsp3) is 0.714. The summed E-state index contributed by atoms with van der Waals surface area (Å²) in [4.78, 5) is 13.7. The number of anilines is 2. The predicted octanol–water partition coefficient (Wildman–Crippen LogP) is 1.43. The van der Waals surface area contributed by atoms with Crippen molar-refractivity contribution in [3.8, 4) is 0 Å². The molecule has 1 saturated heterocycles. The summed E-state index contributed by atoms with van der Waals surface area (Å²) in [6.07, 6.45) is 3.89. The van der Waals surface area contributed by atoms with Crippen molar-refractivity contribution >= 4 is 11.6 Å². The summed E-state index contributed by atoms with van der Waals surface area (Å²) in [5.74, 6) is 2.95. The van der Waals surface area contributed by atoms with E-state index in [1.807, 2.05) is 14.0 Å². The first-order chi connectivity index (χ1) is 9.20. The molecule has 1 aliphatic heterocycles. The number of nitrogens with one attached hydrogen (secondary N) is 1. The van der Waals surface area contributed by atoms with Crippen molar-refractivity contribution in [1.29, 1.82) is 0 Å². The van der Waals surface area contributed by atoms with Crippen LogP contribution in [0.4, 0.5) is 11.6 Å². The molecule has 1 aromatic heterocycles. The molecule has 1 aliphatic rings. The Kier molecular flexibility index (Phi) is 4.96. The molecule has 0 aliphatic carbocycles. The van der Waals surface area contributed by atoms with Gasteiger partial charge in [-0.05, 0) is 33.2 Å². The number of aromatic nitrogens is 2. The van der Waals surface area contributed by atoms with Gasteiger partial charge in [0.05, 0.1) is 0 Å². The summed E-state index contributed by atoms with van der Waals surface area (Å²) in [5.41, 5.74) is 0. The van der Waals surface area contributed by atoms with E-state index in [1.165, 1.54) is 19.3 Å². The van der Waals surface area contributed by atoms with E-state index >= 15 is 0 Å². The van der Waals surface area contributed by atoms with E-state index < -0.39 is 0 Å². The van der Waals surface area contributed by atoms with Crippen molar-refractivity contribution in [3.05, 3.63) is 11.9 Å². The highest BCUT2D eigenvalue weighted by atomic mass is 15.2. The molecular weight excluding hydrogens is 238 g/mol. The Morgan fingerprint density at radius 1 is 1.26 bits per heavy atom. The van der Waals surface area contributed by atoms with E-state index in [-0.39, 0.29) is 0 Å². The van der Waals surface area contributed by atoms with Crippen molar-refractivity contribution in [2.45, 2.75) is 26.2 Å². The van der Waals surface area contributed by atoms with Crippen molar-refractivity contribution in [1.82, 2.24) is 15.3 Å². The van der Waals surface area contributed by atoms with Crippen LogP contribution in [0.25, 0.3) is 0 Å². The first kappa shape index (κ1) is 14.1. The van der Waals surface area contributed by atoms with Gasteiger partial charge >= 0.3 is 0 Å². The normalized spacial score (nSPS) is 15.6. The van der Waals surface area contributed by atoms with Gasteiger partial charge in [-0.1, -0.05) is 0 Å². The monoisotopic (exact) mass is 263 g/mol. The molecular formula is C14H25N5. The average Bonchev–Trinajstić information content (AvgIpc) is 2.45. The lowest BCUT2D eigenvalue weighted by Gasteiger charge is -2.29. The molecule has 0 saturated carbocycles. The van der Waals surface area contributed by atoms with Crippen LogP contribution in [0.3, 0.4) is 0 Å². The smallest absolute Gasteiger partial charge is 0.134 e. The van der Waals surface area contributed by atoms with Crippen LogP contribution in [0, 0.1) is 6.92 Å². The number of piperidine rings is 1. The summed E-state index contributed by atoms with van der Waals surface area (Å²) < 4.78 is 0. The van der Waals surface area contributed by atoms with E-state index in [9.17, 15) is 0 Å². The molecule has 1 N–H and O–H groups in total. The fourth-order valence-electron chi connectivity index (χ4n) is 2.41. The molecule has 0 atom stereocenters. The molecule has 19 heavy (non-hydrogen) atoms. The Bertz CT molecular complexity index is 401. The quantitative estimate of drug-likeness (QED) is 0.870. The van der Waals surface area contributed by atoms with E-state index in [0.29, 0.717) is 0 Å². The van der Waals surface area contributed by atoms with Gasteiger partial charge in [-0.2, -0.15) is 0 Å². The molecule has 5 nitrogen and oxygen atoms in total. The van der Waals surface area contributed by atoms with Crippen molar-refractivity contribution < 1.29 is 0 Å². The van der Waals surface area contributed by atoms with Crippen molar-refractivity contribution in [3.63, 3.8) is 0 Å². The highest BCUT2D eigenvalue weighted by Crippen LogP contribution is 2.21. The van der Waals surface area contributed by atoms with Crippen molar-refractivity contribution in [2.75, 3.05) is 50.1 Å². The van der Waals surface area contributed by atoms with Crippen LogP contribution in [0.15, 0.2) is 6.07 Å². The number of hydrogen-bond donors (Lipinski definition) is 1. The van der Waals surface area contributed by atoms with Gasteiger partial charge in [0.1, 0.15) is 17.5 Å². The minimum Gasteiger partial charge on any atom is -0.358 e. The largest absolute Gasteiger partial charge is 0.358 e. The molecule has 2 heterocycles. The maximum absolute atomic E-state index is 4.59. The van der Waals surface area contributed by atoms with Crippen LogP contribution >= 0.6 is 0 Å². The van der Waals surface area contributed by atoms with Gasteiger partial charge in [0.2, 0.25) is 0 Å². The first-order valence-corrected chi connectivity index (χ1v) is 7.17. The van der Waals surface area contributed by atoms with Gasteiger partial charge in [0.15, 0.2) is 0 Å². The second-order valence-electron chi connectivity index (χ2n) is 5.20. The number of likely N-dealkylation sites (N-methyl/N-ethyl adjacent to an activating group) is 2. The molecule has 0 radical (unpaired) electrons. The Morgan fingerprint density at radius 2 is 2.00 bits per heavy atom. The minimum absolute atomic E-state index is 0.856. The highest BCUT2D eigenvalue weighted by molar-refractivity contribution is 5.50. The van der Waals surface area contributed by atoms with E-state index in [4.69, 9.17) is 0 Å². The second-order valence-corrected chi connectivity index (χ2v) is 5.20. The van der Waals surface area contributed by atoms with Gasteiger partial charge in [-0.3, -0.25) is 0 Å². The third-order valence-corrected chi connectivity index (χ3v) is 3.58. The topological polar surface area (TPSA) is 44.3 Å². The van der Waals surface area contributed by atoms with Gasteiger partial charge in [-0.15, -0.1) is 0 Å². The maximum Gasteiger partial charge on any atom is 0.134 e. The Labute approximate surface area is 116 Å². The lowest BCUT2D eigenvalue weighted by Crippen LogP contribution is -2.31. The highest BCUT2D eigenvalue weighted by Gasteiger charge is 2.14. The molecule has 0 spiro atoms.